The molecule has 1 amide bonds. The van der Waals surface area contributed by atoms with E-state index in [9.17, 15) is 24.5 Å². The molecule has 0 aliphatic carbocycles. The Morgan fingerprint density at radius 2 is 1.83 bits per heavy atom. The smallest absolute Gasteiger partial charge is 0.321 e. The second-order valence-corrected chi connectivity index (χ2v) is 6.57. The second-order valence-electron chi connectivity index (χ2n) is 6.57. The zero-order valence-electron chi connectivity index (χ0n) is 16.1. The van der Waals surface area contributed by atoms with Gasteiger partial charge in [0.25, 0.3) is 17.2 Å². The highest BCUT2D eigenvalue weighted by Gasteiger charge is 2.19. The van der Waals surface area contributed by atoms with Gasteiger partial charge in [0.15, 0.2) is 5.65 Å². The van der Waals surface area contributed by atoms with E-state index in [0.29, 0.717) is 12.0 Å². The van der Waals surface area contributed by atoms with Crippen LogP contribution >= 0.6 is 0 Å². The Kier molecular flexibility index (Phi) is 5.26. The number of nitro groups is 1. The molecule has 10 heteroatoms. The third-order valence-corrected chi connectivity index (χ3v) is 4.65. The Morgan fingerprint density at radius 3 is 2.41 bits per heavy atom. The maximum atomic E-state index is 12.8. The van der Waals surface area contributed by atoms with Gasteiger partial charge in [-0.3, -0.25) is 28.8 Å². The Morgan fingerprint density at radius 1 is 1.17 bits per heavy atom. The van der Waals surface area contributed by atoms with Gasteiger partial charge in [-0.1, -0.05) is 13.3 Å². The quantitative estimate of drug-likeness (QED) is 0.516. The first-order chi connectivity index (χ1) is 13.8. The van der Waals surface area contributed by atoms with E-state index >= 15 is 0 Å². The minimum absolute atomic E-state index is 0.133. The van der Waals surface area contributed by atoms with Crippen molar-refractivity contribution >= 4 is 28.3 Å². The third kappa shape index (κ3) is 3.51. The highest BCUT2D eigenvalue weighted by Crippen LogP contribution is 2.25. The summed E-state index contributed by atoms with van der Waals surface area (Å²) in [6, 6.07) is 5.14. The molecular weight excluding hydrogens is 378 g/mol. The summed E-state index contributed by atoms with van der Waals surface area (Å²) in [6.45, 7) is 1.95. The van der Waals surface area contributed by atoms with E-state index in [1.807, 2.05) is 6.92 Å². The van der Waals surface area contributed by atoms with Gasteiger partial charge in [-0.15, -0.1) is 0 Å². The van der Waals surface area contributed by atoms with Crippen LogP contribution in [0.3, 0.4) is 0 Å². The van der Waals surface area contributed by atoms with Crippen molar-refractivity contribution in [1.29, 1.82) is 0 Å². The van der Waals surface area contributed by atoms with Crippen LogP contribution in [-0.4, -0.2) is 24.9 Å². The number of aryl methyl sites for hydroxylation is 2. The van der Waals surface area contributed by atoms with E-state index in [-0.39, 0.29) is 28.0 Å². The number of hydrogen-bond acceptors (Lipinski definition) is 6. The number of anilines is 1. The standard InChI is InChI=1S/C19H19N5O5/c1-4-5-12-10-20-16-14(18(26)23(3)19(27)22(16)2)15(12)21-17(25)11-6-8-13(9-7-11)24(28)29/h6-10H,4-5H2,1-3H3,(H,20,21,25). The predicted octanol–water partition coefficient (Wildman–Crippen LogP) is 1.75. The van der Waals surface area contributed by atoms with Gasteiger partial charge in [-0.2, -0.15) is 0 Å². The average Bonchev–Trinajstić information content (AvgIpc) is 2.71. The average molecular weight is 397 g/mol. The Balaban J connectivity index is 2.17. The third-order valence-electron chi connectivity index (χ3n) is 4.65. The van der Waals surface area contributed by atoms with Gasteiger partial charge in [0.05, 0.1) is 10.6 Å². The van der Waals surface area contributed by atoms with Crippen LogP contribution in [0, 0.1) is 10.1 Å². The molecule has 150 valence electrons. The predicted molar refractivity (Wildman–Crippen MR) is 107 cm³/mol. The van der Waals surface area contributed by atoms with Crippen molar-refractivity contribution in [3.63, 3.8) is 0 Å². The molecule has 10 nitrogen and oxygen atoms in total. The monoisotopic (exact) mass is 397 g/mol. The summed E-state index contributed by atoms with van der Waals surface area (Å²) >= 11 is 0. The normalized spacial score (nSPS) is 10.9. The molecule has 0 saturated heterocycles. The molecule has 0 aliphatic heterocycles. The van der Waals surface area contributed by atoms with E-state index in [1.54, 1.807) is 0 Å². The van der Waals surface area contributed by atoms with Crippen LogP contribution in [0.5, 0.6) is 0 Å². The molecule has 29 heavy (non-hydrogen) atoms. The van der Waals surface area contributed by atoms with E-state index in [0.717, 1.165) is 11.0 Å². The van der Waals surface area contributed by atoms with Gasteiger partial charge in [-0.05, 0) is 24.1 Å². The van der Waals surface area contributed by atoms with Crippen LogP contribution in [0.2, 0.25) is 0 Å². The molecule has 0 atom stereocenters. The Bertz CT molecular complexity index is 1240. The van der Waals surface area contributed by atoms with Crippen LogP contribution in [0.25, 0.3) is 11.0 Å². The van der Waals surface area contributed by atoms with Crippen molar-refractivity contribution in [2.24, 2.45) is 14.1 Å². The zero-order valence-corrected chi connectivity index (χ0v) is 16.1. The maximum absolute atomic E-state index is 12.8. The lowest BCUT2D eigenvalue weighted by atomic mass is 10.1. The molecule has 0 radical (unpaired) electrons. The number of carbonyl (C=O) groups is 1. The summed E-state index contributed by atoms with van der Waals surface area (Å²) in [5, 5.41) is 13.7. The van der Waals surface area contributed by atoms with E-state index < -0.39 is 22.1 Å². The number of rotatable bonds is 5. The van der Waals surface area contributed by atoms with E-state index in [4.69, 9.17) is 0 Å². The summed E-state index contributed by atoms with van der Waals surface area (Å²) in [5.41, 5.74) is 0.0916. The number of nitrogens with zero attached hydrogens (tertiary/aromatic N) is 4. The van der Waals surface area contributed by atoms with Crippen molar-refractivity contribution in [2.45, 2.75) is 19.8 Å². The Hall–Kier alpha value is -3.82. The number of amides is 1. The fourth-order valence-corrected chi connectivity index (χ4v) is 3.09. The molecule has 0 fully saturated rings. The van der Waals surface area contributed by atoms with Crippen molar-refractivity contribution < 1.29 is 9.72 Å². The van der Waals surface area contributed by atoms with Crippen molar-refractivity contribution in [2.75, 3.05) is 5.32 Å². The highest BCUT2D eigenvalue weighted by molar-refractivity contribution is 6.09. The summed E-state index contributed by atoms with van der Waals surface area (Å²) in [5.74, 6) is -0.527. The largest absolute Gasteiger partial charge is 0.332 e. The van der Waals surface area contributed by atoms with Crippen molar-refractivity contribution in [3.05, 3.63) is 72.5 Å². The number of hydrogen-bond donors (Lipinski definition) is 1. The van der Waals surface area contributed by atoms with Gasteiger partial charge in [0.1, 0.15) is 5.39 Å². The minimum Gasteiger partial charge on any atom is -0.321 e. The molecule has 2 aromatic heterocycles. The second kappa shape index (κ2) is 7.66. The molecule has 0 saturated carbocycles. The zero-order chi connectivity index (χ0) is 21.3. The first kappa shape index (κ1) is 19.9. The van der Waals surface area contributed by atoms with Crippen LogP contribution in [0.1, 0.15) is 29.3 Å². The number of carbonyl (C=O) groups excluding carboxylic acids is 1. The first-order valence-electron chi connectivity index (χ1n) is 8.89. The van der Waals surface area contributed by atoms with E-state index in [1.165, 1.54) is 49.1 Å². The SMILES string of the molecule is CCCc1cnc2c(c1NC(=O)c1ccc([N+](=O)[O-])cc1)c(=O)n(C)c(=O)n2C. The van der Waals surface area contributed by atoms with Gasteiger partial charge in [0.2, 0.25) is 0 Å². The number of nitrogens with one attached hydrogen (secondary N) is 1. The van der Waals surface area contributed by atoms with Crippen molar-refractivity contribution in [3.8, 4) is 0 Å². The number of benzene rings is 1. The maximum Gasteiger partial charge on any atom is 0.332 e. The van der Waals surface area contributed by atoms with Gasteiger partial charge >= 0.3 is 5.69 Å². The first-order valence-corrected chi connectivity index (χ1v) is 8.89. The molecule has 0 aliphatic rings. The Labute approximate surface area is 164 Å². The van der Waals surface area contributed by atoms with Gasteiger partial charge in [0, 0.05) is 38.0 Å². The summed E-state index contributed by atoms with van der Waals surface area (Å²) in [7, 11) is 2.86. The molecule has 3 rings (SSSR count). The summed E-state index contributed by atoms with van der Waals surface area (Å²) in [6.07, 6.45) is 2.85. The van der Waals surface area contributed by atoms with Crippen LogP contribution in [-0.2, 0) is 20.5 Å². The number of non-ortho nitro benzene ring substituents is 1. The molecule has 0 bridgehead atoms. The van der Waals surface area contributed by atoms with Crippen molar-refractivity contribution in [1.82, 2.24) is 14.1 Å². The summed E-state index contributed by atoms with van der Waals surface area (Å²) < 4.78 is 2.20. The number of nitro benzene ring substituents is 1. The van der Waals surface area contributed by atoms with E-state index in [2.05, 4.69) is 10.3 Å². The lowest BCUT2D eigenvalue weighted by Gasteiger charge is -2.15. The van der Waals surface area contributed by atoms with Gasteiger partial charge < -0.3 is 5.32 Å². The van der Waals surface area contributed by atoms with Crippen LogP contribution in [0.15, 0.2) is 40.1 Å². The number of pyridine rings is 1. The lowest BCUT2D eigenvalue weighted by molar-refractivity contribution is -0.384. The molecule has 1 N–H and O–H groups in total. The van der Waals surface area contributed by atoms with Crippen LogP contribution < -0.4 is 16.6 Å². The molecule has 1 aromatic carbocycles. The fraction of sp³-hybridized carbons (Fsp3) is 0.263. The molecule has 2 heterocycles. The number of fused-ring (bicyclic) bond motifs is 1. The number of aromatic nitrogens is 3. The molecule has 0 unspecified atom stereocenters. The van der Waals surface area contributed by atoms with Gasteiger partial charge in [-0.25, -0.2) is 9.78 Å². The highest BCUT2D eigenvalue weighted by atomic mass is 16.6. The minimum atomic E-state index is -0.562. The molecular formula is C19H19N5O5. The fourth-order valence-electron chi connectivity index (χ4n) is 3.09. The lowest BCUT2D eigenvalue weighted by Crippen LogP contribution is -2.38. The van der Waals surface area contributed by atoms with Crippen LogP contribution in [0.4, 0.5) is 11.4 Å². The topological polar surface area (TPSA) is 129 Å². The molecule has 3 aromatic rings. The molecule has 0 spiro atoms. The summed E-state index contributed by atoms with van der Waals surface area (Å²) in [4.78, 5) is 52.3.